The monoisotopic (exact) mass is 453 g/mol. The maximum Gasteiger partial charge on any atom is 0.300 e. The van der Waals surface area contributed by atoms with E-state index in [1.165, 1.54) is 16.2 Å². The zero-order chi connectivity index (χ0) is 21.5. The number of nitrogens with zero attached hydrogens (tertiary/aromatic N) is 1. The Bertz CT molecular complexity index is 1220. The number of aliphatic hydroxyl groups excluding tert-OH is 1. The Balaban J connectivity index is 1.68. The minimum absolute atomic E-state index is 0.0177. The highest BCUT2D eigenvalue weighted by molar-refractivity contribution is 7.10. The SMILES string of the molecule is O=C1C(=O)N(c2cccc(Cl)c2)C(c2cccs2)/C1=C(/O)c1ccc2c(c1)OCCO2. The van der Waals surface area contributed by atoms with Crippen LogP contribution >= 0.6 is 22.9 Å². The van der Waals surface area contributed by atoms with Crippen LogP contribution < -0.4 is 14.4 Å². The Labute approximate surface area is 186 Å². The van der Waals surface area contributed by atoms with Crippen molar-refractivity contribution in [3.8, 4) is 11.5 Å². The average Bonchev–Trinajstić information content (AvgIpc) is 3.40. The molecule has 1 unspecified atom stereocenters. The predicted octanol–water partition coefficient (Wildman–Crippen LogP) is 4.80. The van der Waals surface area contributed by atoms with Crippen molar-refractivity contribution in [3.63, 3.8) is 0 Å². The molecule has 1 atom stereocenters. The summed E-state index contributed by atoms with van der Waals surface area (Å²) in [6, 6.07) is 14.6. The van der Waals surface area contributed by atoms with E-state index in [2.05, 4.69) is 0 Å². The molecule has 156 valence electrons. The quantitative estimate of drug-likeness (QED) is 0.350. The minimum Gasteiger partial charge on any atom is -0.507 e. The molecule has 6 nitrogen and oxygen atoms in total. The Kier molecular flexibility index (Phi) is 4.92. The summed E-state index contributed by atoms with van der Waals surface area (Å²) in [5, 5.41) is 13.5. The van der Waals surface area contributed by atoms with E-state index in [9.17, 15) is 14.7 Å². The second-order valence-electron chi connectivity index (χ2n) is 7.02. The Morgan fingerprint density at radius 1 is 1.03 bits per heavy atom. The number of ketones is 1. The number of carbonyl (C=O) groups is 2. The average molecular weight is 454 g/mol. The normalized spacial score (nSPS) is 19.6. The van der Waals surface area contributed by atoms with Crippen molar-refractivity contribution < 1.29 is 24.2 Å². The lowest BCUT2D eigenvalue weighted by Crippen LogP contribution is -2.29. The molecule has 5 rings (SSSR count). The van der Waals surface area contributed by atoms with Crippen molar-refractivity contribution >= 4 is 46.1 Å². The first kappa shape index (κ1) is 19.7. The molecule has 0 radical (unpaired) electrons. The molecule has 1 amide bonds. The lowest BCUT2D eigenvalue weighted by Gasteiger charge is -2.24. The number of fused-ring (bicyclic) bond motifs is 1. The number of halogens is 1. The molecule has 0 saturated carbocycles. The highest BCUT2D eigenvalue weighted by Gasteiger charge is 2.47. The van der Waals surface area contributed by atoms with Gasteiger partial charge in [0.1, 0.15) is 25.0 Å². The highest BCUT2D eigenvalue weighted by atomic mass is 35.5. The summed E-state index contributed by atoms with van der Waals surface area (Å²) in [5.74, 6) is -0.701. The van der Waals surface area contributed by atoms with Crippen LogP contribution in [0.2, 0.25) is 5.02 Å². The minimum atomic E-state index is -0.772. The van der Waals surface area contributed by atoms with E-state index in [-0.39, 0.29) is 11.3 Å². The summed E-state index contributed by atoms with van der Waals surface area (Å²) in [6.45, 7) is 0.840. The van der Waals surface area contributed by atoms with Gasteiger partial charge in [0.05, 0.1) is 5.57 Å². The lowest BCUT2D eigenvalue weighted by molar-refractivity contribution is -0.132. The molecule has 3 aromatic rings. The van der Waals surface area contributed by atoms with Crippen molar-refractivity contribution in [2.24, 2.45) is 0 Å². The van der Waals surface area contributed by atoms with Gasteiger partial charge >= 0.3 is 0 Å². The van der Waals surface area contributed by atoms with Gasteiger partial charge in [0.2, 0.25) is 0 Å². The zero-order valence-electron chi connectivity index (χ0n) is 16.1. The number of hydrogen-bond acceptors (Lipinski definition) is 6. The van der Waals surface area contributed by atoms with Crippen LogP contribution in [0.3, 0.4) is 0 Å². The molecule has 0 aliphatic carbocycles. The maximum atomic E-state index is 13.1. The Morgan fingerprint density at radius 3 is 2.58 bits per heavy atom. The smallest absolute Gasteiger partial charge is 0.300 e. The molecule has 0 bridgehead atoms. The predicted molar refractivity (Wildman–Crippen MR) is 118 cm³/mol. The summed E-state index contributed by atoms with van der Waals surface area (Å²) in [4.78, 5) is 28.3. The van der Waals surface area contributed by atoms with Crippen molar-refractivity contribution in [2.75, 3.05) is 18.1 Å². The molecule has 1 N–H and O–H groups in total. The van der Waals surface area contributed by atoms with Gasteiger partial charge in [-0.3, -0.25) is 14.5 Å². The number of aliphatic hydroxyl groups is 1. The van der Waals surface area contributed by atoms with E-state index in [1.54, 1.807) is 42.5 Å². The molecule has 3 heterocycles. The molecular formula is C23H16ClNO5S. The Morgan fingerprint density at radius 2 is 1.84 bits per heavy atom. The number of rotatable bonds is 3. The van der Waals surface area contributed by atoms with Gasteiger partial charge in [-0.2, -0.15) is 0 Å². The number of ether oxygens (including phenoxy) is 2. The Hall–Kier alpha value is -3.29. The van der Waals surface area contributed by atoms with Gasteiger partial charge in [-0.05, 0) is 47.8 Å². The van der Waals surface area contributed by atoms with Gasteiger partial charge in [-0.25, -0.2) is 0 Å². The second-order valence-corrected chi connectivity index (χ2v) is 8.44. The third kappa shape index (κ3) is 3.36. The molecule has 1 saturated heterocycles. The molecule has 2 aliphatic rings. The first-order valence-electron chi connectivity index (χ1n) is 9.54. The van der Waals surface area contributed by atoms with Crippen LogP contribution in [0.15, 0.2) is 65.6 Å². The van der Waals surface area contributed by atoms with Crippen molar-refractivity contribution in [2.45, 2.75) is 6.04 Å². The summed E-state index contributed by atoms with van der Waals surface area (Å²) < 4.78 is 11.1. The molecule has 0 spiro atoms. The van der Waals surface area contributed by atoms with Crippen molar-refractivity contribution in [3.05, 3.63) is 81.0 Å². The van der Waals surface area contributed by atoms with E-state index in [0.29, 0.717) is 41.0 Å². The topological polar surface area (TPSA) is 76.1 Å². The van der Waals surface area contributed by atoms with E-state index in [0.717, 1.165) is 4.88 Å². The molecule has 31 heavy (non-hydrogen) atoms. The molecule has 1 aromatic heterocycles. The number of hydrogen-bond donors (Lipinski definition) is 1. The lowest BCUT2D eigenvalue weighted by atomic mass is 9.99. The third-order valence-electron chi connectivity index (χ3n) is 5.16. The number of thiophene rings is 1. The van der Waals surface area contributed by atoms with E-state index in [4.69, 9.17) is 21.1 Å². The molecule has 1 fully saturated rings. The zero-order valence-corrected chi connectivity index (χ0v) is 17.7. The molecular weight excluding hydrogens is 438 g/mol. The fraction of sp³-hybridized carbons (Fsp3) is 0.130. The summed E-state index contributed by atoms with van der Waals surface area (Å²) in [5.41, 5.74) is 0.869. The van der Waals surface area contributed by atoms with Crippen molar-refractivity contribution in [1.82, 2.24) is 0 Å². The first-order chi connectivity index (χ1) is 15.0. The van der Waals surface area contributed by atoms with Gasteiger partial charge in [0.25, 0.3) is 11.7 Å². The van der Waals surface area contributed by atoms with Crippen LogP contribution in [-0.4, -0.2) is 30.0 Å². The van der Waals surface area contributed by atoms with Crippen LogP contribution in [0.1, 0.15) is 16.5 Å². The third-order valence-corrected chi connectivity index (χ3v) is 6.32. The van der Waals surface area contributed by atoms with Gasteiger partial charge in [0.15, 0.2) is 11.5 Å². The van der Waals surface area contributed by atoms with Gasteiger partial charge in [-0.1, -0.05) is 23.7 Å². The number of carbonyl (C=O) groups excluding carboxylic acids is 2. The number of anilines is 1. The summed E-state index contributed by atoms with van der Waals surface area (Å²) in [6.07, 6.45) is 0. The molecule has 2 aromatic carbocycles. The van der Waals surface area contributed by atoms with Crippen LogP contribution in [0.4, 0.5) is 5.69 Å². The van der Waals surface area contributed by atoms with E-state index < -0.39 is 17.7 Å². The summed E-state index contributed by atoms with van der Waals surface area (Å²) >= 11 is 7.53. The summed E-state index contributed by atoms with van der Waals surface area (Å²) in [7, 11) is 0. The van der Waals surface area contributed by atoms with E-state index >= 15 is 0 Å². The van der Waals surface area contributed by atoms with Crippen LogP contribution in [-0.2, 0) is 9.59 Å². The largest absolute Gasteiger partial charge is 0.507 e. The van der Waals surface area contributed by atoms with E-state index in [1.807, 2.05) is 17.5 Å². The standard InChI is InChI=1S/C23H16ClNO5S/c24-14-3-1-4-15(12-14)25-20(18-5-2-10-31-18)19(22(27)23(25)28)21(26)13-6-7-16-17(11-13)30-9-8-29-16/h1-7,10-12,20,26H,8-9H2/b21-19-. The van der Waals surface area contributed by atoms with Crippen LogP contribution in [0.5, 0.6) is 11.5 Å². The number of amides is 1. The fourth-order valence-electron chi connectivity index (χ4n) is 3.79. The first-order valence-corrected chi connectivity index (χ1v) is 10.8. The van der Waals surface area contributed by atoms with Gasteiger partial charge in [-0.15, -0.1) is 11.3 Å². The maximum absolute atomic E-state index is 13.1. The second kappa shape index (κ2) is 7.76. The van der Waals surface area contributed by atoms with Gasteiger partial charge in [0, 0.05) is 21.2 Å². The van der Waals surface area contributed by atoms with Crippen LogP contribution in [0.25, 0.3) is 5.76 Å². The number of Topliss-reactive ketones (excluding diaryl/α,β-unsaturated/α-hetero) is 1. The molecule has 2 aliphatic heterocycles. The van der Waals surface area contributed by atoms with Gasteiger partial charge < -0.3 is 14.6 Å². The highest BCUT2D eigenvalue weighted by Crippen LogP contribution is 2.44. The number of benzene rings is 2. The van der Waals surface area contributed by atoms with Crippen molar-refractivity contribution in [1.29, 1.82) is 0 Å². The van der Waals surface area contributed by atoms with Crippen LogP contribution in [0, 0.1) is 0 Å². The fourth-order valence-corrected chi connectivity index (χ4v) is 4.80. The molecule has 8 heteroatoms.